The molecule has 0 saturated carbocycles. The van der Waals surface area contributed by atoms with Gasteiger partial charge in [-0.3, -0.25) is 9.59 Å². The van der Waals surface area contributed by atoms with E-state index in [1.807, 2.05) is 0 Å². The lowest BCUT2D eigenvalue weighted by Gasteiger charge is -2.09. The third-order valence-corrected chi connectivity index (χ3v) is 3.32. The number of esters is 2. The molecule has 0 amide bonds. The van der Waals surface area contributed by atoms with E-state index < -0.39 is 29.3 Å². The summed E-state index contributed by atoms with van der Waals surface area (Å²) >= 11 is 5.74. The quantitative estimate of drug-likeness (QED) is 0.569. The number of ether oxygens (including phenoxy) is 3. The van der Waals surface area contributed by atoms with Gasteiger partial charge in [-0.2, -0.15) is 0 Å². The lowest BCUT2D eigenvalue weighted by Crippen LogP contribution is -2.15. The summed E-state index contributed by atoms with van der Waals surface area (Å²) < 4.78 is 41.3. The second-order valence-electron chi connectivity index (χ2n) is 4.79. The molecule has 132 valence electrons. The maximum atomic E-state index is 13.5. The van der Waals surface area contributed by atoms with Crippen molar-refractivity contribution in [3.05, 3.63) is 53.1 Å². The number of para-hydroxylation sites is 1. The molecule has 0 atom stereocenters. The topological polar surface area (TPSA) is 61.8 Å². The Hall–Kier alpha value is -2.67. The average Bonchev–Trinajstić information content (AvgIpc) is 2.58. The van der Waals surface area contributed by atoms with Gasteiger partial charge in [0.2, 0.25) is 0 Å². The number of carbonyl (C=O) groups is 2. The molecule has 0 fully saturated rings. The van der Waals surface area contributed by atoms with E-state index >= 15 is 0 Å². The van der Waals surface area contributed by atoms with Crippen LogP contribution in [0.2, 0.25) is 5.02 Å². The summed E-state index contributed by atoms with van der Waals surface area (Å²) in [5.74, 6) is -3.31. The molecule has 2 aromatic rings. The van der Waals surface area contributed by atoms with Gasteiger partial charge < -0.3 is 14.2 Å². The van der Waals surface area contributed by atoms with Crippen molar-refractivity contribution in [2.75, 3.05) is 7.11 Å². The molecule has 0 unspecified atom stereocenters. The van der Waals surface area contributed by atoms with Crippen LogP contribution >= 0.6 is 11.6 Å². The third kappa shape index (κ3) is 5.15. The van der Waals surface area contributed by atoms with Gasteiger partial charge in [0.05, 0.1) is 25.0 Å². The first kappa shape index (κ1) is 18.7. The van der Waals surface area contributed by atoms with Crippen LogP contribution in [-0.2, 0) is 9.59 Å². The molecule has 5 nitrogen and oxygen atoms in total. The van der Waals surface area contributed by atoms with E-state index in [1.54, 1.807) is 0 Å². The van der Waals surface area contributed by atoms with Gasteiger partial charge in [0, 0.05) is 6.07 Å². The van der Waals surface area contributed by atoms with Crippen LogP contribution in [0, 0.1) is 11.6 Å². The Kier molecular flexibility index (Phi) is 6.30. The zero-order valence-corrected chi connectivity index (χ0v) is 13.8. The van der Waals surface area contributed by atoms with E-state index in [4.69, 9.17) is 25.8 Å². The average molecular weight is 371 g/mol. The molecule has 0 bridgehead atoms. The summed E-state index contributed by atoms with van der Waals surface area (Å²) in [6.45, 7) is 0. The van der Waals surface area contributed by atoms with Gasteiger partial charge >= 0.3 is 11.9 Å². The fourth-order valence-corrected chi connectivity index (χ4v) is 2.05. The number of carbonyl (C=O) groups excluding carboxylic acids is 2. The Balaban J connectivity index is 1.91. The molecule has 2 aromatic carbocycles. The highest BCUT2D eigenvalue weighted by molar-refractivity contribution is 6.32. The van der Waals surface area contributed by atoms with Crippen LogP contribution in [0.25, 0.3) is 0 Å². The highest BCUT2D eigenvalue weighted by Crippen LogP contribution is 2.29. The molecule has 8 heteroatoms. The number of hydrogen-bond donors (Lipinski definition) is 0. The Morgan fingerprint density at radius 1 is 1.00 bits per heavy atom. The molecule has 0 aliphatic rings. The van der Waals surface area contributed by atoms with E-state index in [-0.39, 0.29) is 29.4 Å². The van der Waals surface area contributed by atoms with Crippen molar-refractivity contribution in [3.8, 4) is 17.2 Å². The maximum absolute atomic E-state index is 13.5. The molecule has 0 aliphatic heterocycles. The summed E-state index contributed by atoms with van der Waals surface area (Å²) in [5, 5.41) is -0.0630. The predicted octanol–water partition coefficient (Wildman–Crippen LogP) is 3.92. The molecular formula is C17H13ClF2O5. The summed E-state index contributed by atoms with van der Waals surface area (Å²) in [6.07, 6.45) is -0.682. The molecule has 0 radical (unpaired) electrons. The van der Waals surface area contributed by atoms with Crippen molar-refractivity contribution in [1.29, 1.82) is 0 Å². The van der Waals surface area contributed by atoms with Gasteiger partial charge in [-0.1, -0.05) is 17.7 Å². The number of benzene rings is 2. The first-order valence-corrected chi connectivity index (χ1v) is 7.47. The number of rotatable bonds is 6. The minimum atomic E-state index is -0.852. The SMILES string of the molecule is COc1cc(F)ccc1OC(=O)CCC(=O)Oc1c(F)cccc1Cl. The summed E-state index contributed by atoms with van der Waals surface area (Å²) in [4.78, 5) is 23.5. The molecule has 0 saturated heterocycles. The standard InChI is InChI=1S/C17H13ClF2O5/c1-23-14-9-10(19)5-6-13(14)24-15(21)7-8-16(22)25-17-11(18)3-2-4-12(17)20/h2-6,9H,7-8H2,1H3. The molecule has 2 rings (SSSR count). The van der Waals surface area contributed by atoms with Gasteiger partial charge in [-0.25, -0.2) is 8.78 Å². The zero-order chi connectivity index (χ0) is 18.4. The van der Waals surface area contributed by atoms with Crippen LogP contribution in [0.15, 0.2) is 36.4 Å². The molecule has 25 heavy (non-hydrogen) atoms. The minimum Gasteiger partial charge on any atom is -0.493 e. The van der Waals surface area contributed by atoms with Crippen LogP contribution in [-0.4, -0.2) is 19.0 Å². The first-order valence-electron chi connectivity index (χ1n) is 7.09. The van der Waals surface area contributed by atoms with Crippen LogP contribution < -0.4 is 14.2 Å². The predicted molar refractivity (Wildman–Crippen MR) is 84.9 cm³/mol. The van der Waals surface area contributed by atoms with Gasteiger partial charge in [0.25, 0.3) is 0 Å². The second-order valence-corrected chi connectivity index (χ2v) is 5.20. The summed E-state index contributed by atoms with van der Waals surface area (Å²) in [5.41, 5.74) is 0. The number of halogens is 3. The Morgan fingerprint density at radius 3 is 2.32 bits per heavy atom. The van der Waals surface area contributed by atoms with Gasteiger partial charge in [-0.15, -0.1) is 0 Å². The normalized spacial score (nSPS) is 10.2. The Morgan fingerprint density at radius 2 is 1.68 bits per heavy atom. The maximum Gasteiger partial charge on any atom is 0.311 e. The number of methoxy groups -OCH3 is 1. The minimum absolute atomic E-state index is 0.0133. The highest BCUT2D eigenvalue weighted by atomic mass is 35.5. The zero-order valence-electron chi connectivity index (χ0n) is 13.1. The van der Waals surface area contributed by atoms with Gasteiger partial charge in [-0.05, 0) is 24.3 Å². The Labute approximate surface area is 147 Å². The summed E-state index contributed by atoms with van der Waals surface area (Å²) in [7, 11) is 1.29. The lowest BCUT2D eigenvalue weighted by molar-refractivity contribution is -0.140. The van der Waals surface area contributed by atoms with E-state index in [9.17, 15) is 18.4 Å². The fourth-order valence-electron chi connectivity index (χ4n) is 1.85. The largest absolute Gasteiger partial charge is 0.493 e. The van der Waals surface area contributed by atoms with Gasteiger partial charge in [0.15, 0.2) is 23.1 Å². The Bertz CT molecular complexity index is 774. The molecule has 0 aliphatic carbocycles. The van der Waals surface area contributed by atoms with E-state index in [0.717, 1.165) is 18.2 Å². The van der Waals surface area contributed by atoms with Crippen LogP contribution in [0.4, 0.5) is 8.78 Å². The van der Waals surface area contributed by atoms with Crippen LogP contribution in [0.5, 0.6) is 17.2 Å². The molecule has 0 aromatic heterocycles. The van der Waals surface area contributed by atoms with Gasteiger partial charge in [0.1, 0.15) is 5.82 Å². The lowest BCUT2D eigenvalue weighted by atomic mass is 10.3. The van der Waals surface area contributed by atoms with E-state index in [0.29, 0.717) is 0 Å². The van der Waals surface area contributed by atoms with E-state index in [1.165, 1.54) is 25.3 Å². The van der Waals surface area contributed by atoms with E-state index in [2.05, 4.69) is 0 Å². The first-order chi connectivity index (χ1) is 11.9. The van der Waals surface area contributed by atoms with Crippen molar-refractivity contribution < 1.29 is 32.6 Å². The molecule has 0 heterocycles. The molecular weight excluding hydrogens is 358 g/mol. The third-order valence-electron chi connectivity index (χ3n) is 3.02. The van der Waals surface area contributed by atoms with Crippen molar-refractivity contribution in [2.24, 2.45) is 0 Å². The summed E-state index contributed by atoms with van der Waals surface area (Å²) in [6, 6.07) is 7.19. The highest BCUT2D eigenvalue weighted by Gasteiger charge is 2.16. The van der Waals surface area contributed by atoms with Crippen molar-refractivity contribution in [1.82, 2.24) is 0 Å². The van der Waals surface area contributed by atoms with Crippen molar-refractivity contribution in [2.45, 2.75) is 12.8 Å². The monoisotopic (exact) mass is 370 g/mol. The fraction of sp³-hybridized carbons (Fsp3) is 0.176. The van der Waals surface area contributed by atoms with Crippen molar-refractivity contribution >= 4 is 23.5 Å². The molecule has 0 spiro atoms. The van der Waals surface area contributed by atoms with Crippen LogP contribution in [0.1, 0.15) is 12.8 Å². The van der Waals surface area contributed by atoms with Crippen molar-refractivity contribution in [3.63, 3.8) is 0 Å². The second kappa shape index (κ2) is 8.43. The van der Waals surface area contributed by atoms with Crippen LogP contribution in [0.3, 0.4) is 0 Å². The number of hydrogen-bond acceptors (Lipinski definition) is 5. The smallest absolute Gasteiger partial charge is 0.311 e. The molecule has 0 N–H and O–H groups in total.